The Labute approximate surface area is 129 Å². The van der Waals surface area contributed by atoms with Gasteiger partial charge in [-0.15, -0.1) is 0 Å². The van der Waals surface area contributed by atoms with Crippen LogP contribution in [0.1, 0.15) is 35.4 Å². The smallest absolute Gasteiger partial charge is 0.287 e. The lowest BCUT2D eigenvalue weighted by Gasteiger charge is -2.37. The Balaban J connectivity index is 1.58. The summed E-state index contributed by atoms with van der Waals surface area (Å²) in [6, 6.07) is 11.2. The molecule has 3 N–H and O–H groups in total. The van der Waals surface area contributed by atoms with Crippen molar-refractivity contribution in [2.45, 2.75) is 31.4 Å². The first kappa shape index (κ1) is 14.7. The molecule has 3 rings (SSSR count). The van der Waals surface area contributed by atoms with Crippen LogP contribution in [0.2, 0.25) is 0 Å². The van der Waals surface area contributed by atoms with Crippen LogP contribution in [-0.2, 0) is 6.61 Å². The first-order valence-electron chi connectivity index (χ1n) is 7.48. The van der Waals surface area contributed by atoms with Gasteiger partial charge in [0.05, 0.1) is 6.26 Å². The van der Waals surface area contributed by atoms with Gasteiger partial charge in [-0.2, -0.15) is 0 Å². The van der Waals surface area contributed by atoms with Crippen LogP contribution in [-0.4, -0.2) is 18.0 Å². The monoisotopic (exact) mass is 300 g/mol. The molecular weight excluding hydrogens is 280 g/mol. The van der Waals surface area contributed by atoms with Crippen LogP contribution >= 0.6 is 0 Å². The van der Waals surface area contributed by atoms with Crippen LogP contribution in [0.15, 0.2) is 47.1 Å². The molecule has 1 aromatic carbocycles. The van der Waals surface area contributed by atoms with E-state index in [4.69, 9.17) is 14.9 Å². The molecule has 1 aliphatic rings. The zero-order valence-electron chi connectivity index (χ0n) is 12.4. The molecule has 5 nitrogen and oxygen atoms in total. The van der Waals surface area contributed by atoms with Crippen molar-refractivity contribution in [3.8, 4) is 5.75 Å². The fourth-order valence-corrected chi connectivity index (χ4v) is 2.47. The zero-order chi connectivity index (χ0) is 15.4. The van der Waals surface area contributed by atoms with E-state index in [2.05, 4.69) is 5.32 Å². The van der Waals surface area contributed by atoms with Gasteiger partial charge in [-0.25, -0.2) is 0 Å². The topological polar surface area (TPSA) is 77.5 Å². The summed E-state index contributed by atoms with van der Waals surface area (Å²) in [4.78, 5) is 12.2. The van der Waals surface area contributed by atoms with E-state index in [0.717, 1.165) is 30.6 Å². The number of ether oxygens (including phenoxy) is 1. The lowest BCUT2D eigenvalue weighted by atomic mass is 9.78. The van der Waals surface area contributed by atoms with E-state index < -0.39 is 0 Å². The first-order valence-corrected chi connectivity index (χ1v) is 7.48. The van der Waals surface area contributed by atoms with Gasteiger partial charge in [-0.05, 0) is 37.5 Å². The van der Waals surface area contributed by atoms with Crippen molar-refractivity contribution < 1.29 is 13.9 Å². The van der Waals surface area contributed by atoms with Crippen LogP contribution in [0.4, 0.5) is 0 Å². The minimum atomic E-state index is -0.247. The quantitative estimate of drug-likeness (QED) is 0.859. The number of carbonyl (C=O) groups excluding carboxylic acids is 1. The molecule has 2 aromatic rings. The Morgan fingerprint density at radius 3 is 2.73 bits per heavy atom. The molecule has 0 unspecified atom stereocenters. The minimum absolute atomic E-state index is 0.242. The summed E-state index contributed by atoms with van der Waals surface area (Å²) >= 11 is 0. The number of amides is 1. The van der Waals surface area contributed by atoms with Gasteiger partial charge in [-0.1, -0.05) is 18.2 Å². The van der Waals surface area contributed by atoms with Crippen molar-refractivity contribution in [2.75, 3.05) is 6.54 Å². The molecule has 1 fully saturated rings. The van der Waals surface area contributed by atoms with Gasteiger partial charge in [0.1, 0.15) is 12.4 Å². The number of rotatable bonds is 6. The van der Waals surface area contributed by atoms with E-state index in [1.165, 1.54) is 6.26 Å². The fraction of sp³-hybridized carbons (Fsp3) is 0.353. The summed E-state index contributed by atoms with van der Waals surface area (Å²) in [7, 11) is 0. The molecule has 1 aliphatic carbocycles. The van der Waals surface area contributed by atoms with Gasteiger partial charge < -0.3 is 20.2 Å². The maximum Gasteiger partial charge on any atom is 0.287 e. The molecule has 0 bridgehead atoms. The van der Waals surface area contributed by atoms with Gasteiger partial charge in [0, 0.05) is 17.6 Å². The average Bonchev–Trinajstić information content (AvgIpc) is 2.98. The number of nitrogens with two attached hydrogens (primary N) is 1. The number of carbonyl (C=O) groups is 1. The van der Waals surface area contributed by atoms with Crippen LogP contribution in [0.3, 0.4) is 0 Å². The summed E-state index contributed by atoms with van der Waals surface area (Å²) in [5.74, 6) is 0.803. The molecule has 22 heavy (non-hydrogen) atoms. The first-order chi connectivity index (χ1) is 10.7. The van der Waals surface area contributed by atoms with E-state index in [1.54, 1.807) is 6.07 Å². The van der Waals surface area contributed by atoms with Crippen LogP contribution in [0.25, 0.3) is 0 Å². The molecule has 0 atom stereocenters. The third-order valence-electron chi connectivity index (χ3n) is 4.04. The van der Waals surface area contributed by atoms with Crippen molar-refractivity contribution in [3.05, 3.63) is 54.0 Å². The molecule has 1 heterocycles. The number of furan rings is 1. The zero-order valence-corrected chi connectivity index (χ0v) is 12.4. The second-order valence-electron chi connectivity index (χ2n) is 5.78. The minimum Gasteiger partial charge on any atom is -0.489 e. The molecule has 1 aromatic heterocycles. The Hall–Kier alpha value is -2.27. The molecule has 1 saturated carbocycles. The molecule has 0 saturated heterocycles. The van der Waals surface area contributed by atoms with E-state index >= 15 is 0 Å². The van der Waals surface area contributed by atoms with E-state index in [-0.39, 0.29) is 18.1 Å². The van der Waals surface area contributed by atoms with E-state index in [9.17, 15) is 4.79 Å². The largest absolute Gasteiger partial charge is 0.489 e. The number of hydrogen-bond acceptors (Lipinski definition) is 4. The summed E-state index contributed by atoms with van der Waals surface area (Å²) in [6.45, 7) is 0.766. The Morgan fingerprint density at radius 2 is 2.05 bits per heavy atom. The molecule has 0 aliphatic heterocycles. The number of para-hydroxylation sites is 1. The molecule has 0 spiro atoms. The Bertz CT molecular complexity index is 632. The number of benzene rings is 1. The van der Waals surface area contributed by atoms with Crippen molar-refractivity contribution >= 4 is 5.91 Å². The molecular formula is C17H20N2O3. The second-order valence-corrected chi connectivity index (χ2v) is 5.78. The highest BCUT2D eigenvalue weighted by Gasteiger charge is 2.33. The third-order valence-corrected chi connectivity index (χ3v) is 4.04. The number of hydrogen-bond donors (Lipinski definition) is 2. The van der Waals surface area contributed by atoms with Crippen molar-refractivity contribution in [1.82, 2.24) is 5.32 Å². The van der Waals surface area contributed by atoms with Gasteiger partial charge >= 0.3 is 0 Å². The maximum atomic E-state index is 12.2. The molecule has 116 valence electrons. The highest BCUT2D eigenvalue weighted by Crippen LogP contribution is 2.28. The summed E-state index contributed by atoms with van der Waals surface area (Å²) in [5, 5.41) is 2.85. The second kappa shape index (κ2) is 6.23. The van der Waals surface area contributed by atoms with Gasteiger partial charge in [0.25, 0.3) is 5.91 Å². The number of nitrogens with one attached hydrogen (secondary N) is 1. The highest BCUT2D eigenvalue weighted by molar-refractivity contribution is 5.92. The highest BCUT2D eigenvalue weighted by atomic mass is 16.5. The standard InChI is InChI=1S/C17H20N2O3/c18-17(8-4-9-17)12-19-16(20)15-13(7-10-21-15)11-22-14-5-2-1-3-6-14/h1-3,5-7,10H,4,8-9,11-12,18H2,(H,19,20). The third kappa shape index (κ3) is 3.31. The van der Waals surface area contributed by atoms with Crippen LogP contribution in [0.5, 0.6) is 5.75 Å². The van der Waals surface area contributed by atoms with E-state index in [0.29, 0.717) is 12.3 Å². The van der Waals surface area contributed by atoms with Crippen molar-refractivity contribution in [2.24, 2.45) is 5.73 Å². The summed E-state index contributed by atoms with van der Waals surface area (Å²) in [5.41, 5.74) is 6.58. The molecule has 0 radical (unpaired) electrons. The molecule has 1 amide bonds. The SMILES string of the molecule is NC1(CNC(=O)c2occc2COc2ccccc2)CCC1. The van der Waals surface area contributed by atoms with Gasteiger partial charge in [0.15, 0.2) is 5.76 Å². The van der Waals surface area contributed by atoms with Crippen molar-refractivity contribution in [3.63, 3.8) is 0 Å². The van der Waals surface area contributed by atoms with Crippen LogP contribution < -0.4 is 15.8 Å². The lowest BCUT2D eigenvalue weighted by Crippen LogP contribution is -2.54. The predicted octanol–water partition coefficient (Wildman–Crippen LogP) is 2.47. The average molecular weight is 300 g/mol. The Morgan fingerprint density at radius 1 is 1.27 bits per heavy atom. The lowest BCUT2D eigenvalue weighted by molar-refractivity contribution is 0.0898. The van der Waals surface area contributed by atoms with Crippen molar-refractivity contribution in [1.29, 1.82) is 0 Å². The van der Waals surface area contributed by atoms with E-state index in [1.807, 2.05) is 30.3 Å². The maximum absolute atomic E-state index is 12.2. The van der Waals surface area contributed by atoms with Gasteiger partial charge in [0.2, 0.25) is 0 Å². The summed E-state index contributed by atoms with van der Waals surface area (Å²) < 4.78 is 11.0. The van der Waals surface area contributed by atoms with Crippen LogP contribution in [0, 0.1) is 0 Å². The predicted molar refractivity (Wildman–Crippen MR) is 82.6 cm³/mol. The summed E-state index contributed by atoms with van der Waals surface area (Å²) in [6.07, 6.45) is 4.54. The normalized spacial score (nSPS) is 15.9. The Kier molecular flexibility index (Phi) is 4.15. The van der Waals surface area contributed by atoms with Gasteiger partial charge in [-0.3, -0.25) is 4.79 Å². The molecule has 5 heteroatoms. The fourth-order valence-electron chi connectivity index (χ4n) is 2.47.